The second-order valence-corrected chi connectivity index (χ2v) is 10.2. The molecule has 3 N–H and O–H groups in total. The van der Waals surface area contributed by atoms with Crippen LogP contribution in [0.3, 0.4) is 0 Å². The standard InChI is InChI=1S/C32H28ClFN4O3/c33-24-9-11-25(12-10-24)36-28-14-13-26(31(35)40)29(34)27(28)20-37-15-17-38(18-16-37)32(41)23-8-4-7-22(19-23)30(39)21-5-2-1-3-6-21/h1-14,19,36H,15-18,20H2,(H2,35,40). The number of carbonyl (C=O) groups excluding carboxylic acids is 3. The van der Waals surface area contributed by atoms with Crippen LogP contribution >= 0.6 is 11.6 Å². The fourth-order valence-corrected chi connectivity index (χ4v) is 4.96. The minimum Gasteiger partial charge on any atom is -0.366 e. The number of rotatable bonds is 8. The number of nitrogens with two attached hydrogens (primary N) is 1. The van der Waals surface area contributed by atoms with Crippen molar-refractivity contribution in [3.63, 3.8) is 0 Å². The average molecular weight is 571 g/mol. The highest BCUT2D eigenvalue weighted by Gasteiger charge is 2.25. The molecule has 0 radical (unpaired) electrons. The lowest BCUT2D eigenvalue weighted by atomic mass is 10.0. The maximum atomic E-state index is 15.5. The van der Waals surface area contributed by atoms with Gasteiger partial charge in [-0.1, -0.05) is 54.1 Å². The number of primary amides is 1. The van der Waals surface area contributed by atoms with Gasteiger partial charge < -0.3 is 16.0 Å². The fourth-order valence-electron chi connectivity index (χ4n) is 4.84. The number of carbonyl (C=O) groups is 3. The van der Waals surface area contributed by atoms with Gasteiger partial charge in [0.1, 0.15) is 5.82 Å². The first-order chi connectivity index (χ1) is 19.8. The van der Waals surface area contributed by atoms with Crippen molar-refractivity contribution >= 4 is 40.6 Å². The molecule has 1 aliphatic heterocycles. The van der Waals surface area contributed by atoms with Crippen molar-refractivity contribution in [1.29, 1.82) is 0 Å². The third kappa shape index (κ3) is 6.45. The third-order valence-corrected chi connectivity index (χ3v) is 7.33. The third-order valence-electron chi connectivity index (χ3n) is 7.08. The average Bonchev–Trinajstić information content (AvgIpc) is 3.00. The second kappa shape index (κ2) is 12.3. The van der Waals surface area contributed by atoms with Crippen LogP contribution in [0.1, 0.15) is 42.2 Å². The molecule has 0 saturated carbocycles. The Kier molecular flexibility index (Phi) is 8.42. The monoisotopic (exact) mass is 570 g/mol. The molecule has 5 rings (SSSR count). The Hall–Kier alpha value is -4.53. The molecule has 7 nitrogen and oxygen atoms in total. The van der Waals surface area contributed by atoms with Crippen molar-refractivity contribution in [2.75, 3.05) is 31.5 Å². The van der Waals surface area contributed by atoms with Gasteiger partial charge in [0.25, 0.3) is 11.8 Å². The fraction of sp³-hybridized carbons (Fsp3) is 0.156. The second-order valence-electron chi connectivity index (χ2n) is 9.79. The first-order valence-electron chi connectivity index (χ1n) is 13.2. The van der Waals surface area contributed by atoms with Gasteiger partial charge in [-0.15, -0.1) is 0 Å². The Labute approximate surface area is 242 Å². The molecule has 0 atom stereocenters. The number of anilines is 2. The number of nitrogens with zero attached hydrogens (tertiary/aromatic N) is 2. The Morgan fingerprint density at radius 2 is 1.46 bits per heavy atom. The van der Waals surface area contributed by atoms with Crippen LogP contribution in [0.5, 0.6) is 0 Å². The van der Waals surface area contributed by atoms with Gasteiger partial charge in [-0.05, 0) is 48.5 Å². The van der Waals surface area contributed by atoms with E-state index in [1.54, 1.807) is 83.8 Å². The maximum Gasteiger partial charge on any atom is 0.253 e. The normalized spacial score (nSPS) is 13.6. The largest absolute Gasteiger partial charge is 0.366 e. The molecule has 1 heterocycles. The van der Waals surface area contributed by atoms with E-state index in [1.807, 2.05) is 11.0 Å². The summed E-state index contributed by atoms with van der Waals surface area (Å²) < 4.78 is 15.5. The molecule has 0 aliphatic carbocycles. The molecular weight excluding hydrogens is 543 g/mol. The molecule has 41 heavy (non-hydrogen) atoms. The minimum absolute atomic E-state index is 0.145. The highest BCUT2D eigenvalue weighted by atomic mass is 35.5. The first-order valence-corrected chi connectivity index (χ1v) is 13.5. The predicted octanol–water partition coefficient (Wildman–Crippen LogP) is 5.51. The highest BCUT2D eigenvalue weighted by molar-refractivity contribution is 6.30. The van der Waals surface area contributed by atoms with Crippen LogP contribution in [0.15, 0.2) is 91.0 Å². The van der Waals surface area contributed by atoms with Crippen LogP contribution < -0.4 is 11.1 Å². The van der Waals surface area contributed by atoms with Crippen LogP contribution in [0.25, 0.3) is 0 Å². The van der Waals surface area contributed by atoms with Crippen molar-refractivity contribution in [3.05, 3.63) is 130 Å². The summed E-state index contributed by atoms with van der Waals surface area (Å²) in [5.41, 5.74) is 8.21. The van der Waals surface area contributed by atoms with E-state index in [4.69, 9.17) is 17.3 Å². The Balaban J connectivity index is 1.28. The van der Waals surface area contributed by atoms with Crippen LogP contribution in [0.4, 0.5) is 15.8 Å². The van der Waals surface area contributed by atoms with E-state index in [1.165, 1.54) is 6.07 Å². The summed E-state index contributed by atoms with van der Waals surface area (Å²) in [5, 5.41) is 3.78. The van der Waals surface area contributed by atoms with Crippen molar-refractivity contribution in [3.8, 4) is 0 Å². The van der Waals surface area contributed by atoms with E-state index in [0.717, 1.165) is 0 Å². The molecule has 0 bridgehead atoms. The molecular formula is C32H28ClFN4O3. The summed E-state index contributed by atoms with van der Waals surface area (Å²) in [6, 6.07) is 25.7. The number of amides is 2. The van der Waals surface area contributed by atoms with E-state index in [2.05, 4.69) is 5.32 Å². The van der Waals surface area contributed by atoms with Crippen LogP contribution in [-0.4, -0.2) is 53.6 Å². The number of halogens is 2. The summed E-state index contributed by atoms with van der Waals surface area (Å²) in [7, 11) is 0. The minimum atomic E-state index is -0.842. The number of hydrogen-bond acceptors (Lipinski definition) is 5. The van der Waals surface area contributed by atoms with Gasteiger partial charge in [-0.2, -0.15) is 0 Å². The van der Waals surface area contributed by atoms with Crippen molar-refractivity contribution in [2.45, 2.75) is 6.54 Å². The number of hydrogen-bond donors (Lipinski definition) is 2. The molecule has 1 fully saturated rings. The lowest BCUT2D eigenvalue weighted by Crippen LogP contribution is -2.48. The summed E-state index contributed by atoms with van der Waals surface area (Å²) >= 11 is 5.99. The van der Waals surface area contributed by atoms with Gasteiger partial charge in [-0.3, -0.25) is 19.3 Å². The highest BCUT2D eigenvalue weighted by Crippen LogP contribution is 2.28. The van der Waals surface area contributed by atoms with Crippen LogP contribution in [0, 0.1) is 5.82 Å². The predicted molar refractivity (Wildman–Crippen MR) is 157 cm³/mol. The Morgan fingerprint density at radius 3 is 2.15 bits per heavy atom. The summed E-state index contributed by atoms with van der Waals surface area (Å²) in [5.74, 6) is -1.83. The molecule has 4 aromatic rings. The van der Waals surface area contributed by atoms with Crippen LogP contribution in [0.2, 0.25) is 5.02 Å². The van der Waals surface area contributed by atoms with E-state index >= 15 is 4.39 Å². The SMILES string of the molecule is NC(=O)c1ccc(Nc2ccc(Cl)cc2)c(CN2CCN(C(=O)c3cccc(C(=O)c4ccccc4)c3)CC2)c1F. The molecule has 1 aliphatic rings. The number of benzene rings is 4. The van der Waals surface area contributed by atoms with E-state index < -0.39 is 11.7 Å². The van der Waals surface area contributed by atoms with Gasteiger partial charge >= 0.3 is 0 Å². The quantitative estimate of drug-likeness (QED) is 0.272. The Morgan fingerprint density at radius 1 is 0.805 bits per heavy atom. The van der Waals surface area contributed by atoms with E-state index in [9.17, 15) is 14.4 Å². The number of nitrogens with one attached hydrogen (secondary N) is 1. The number of piperazine rings is 1. The summed E-state index contributed by atoms with van der Waals surface area (Å²) in [4.78, 5) is 41.8. The molecule has 0 spiro atoms. The zero-order chi connectivity index (χ0) is 28.9. The molecule has 0 aromatic heterocycles. The molecule has 4 aromatic carbocycles. The lowest BCUT2D eigenvalue weighted by Gasteiger charge is -2.35. The maximum absolute atomic E-state index is 15.5. The molecule has 0 unspecified atom stereocenters. The first kappa shape index (κ1) is 28.0. The summed E-state index contributed by atoms with van der Waals surface area (Å²) in [6.07, 6.45) is 0. The van der Waals surface area contributed by atoms with E-state index in [0.29, 0.717) is 64.8 Å². The van der Waals surface area contributed by atoms with Crippen molar-refractivity contribution < 1.29 is 18.8 Å². The van der Waals surface area contributed by atoms with Gasteiger partial charge in [0, 0.05) is 71.4 Å². The zero-order valence-corrected chi connectivity index (χ0v) is 22.9. The number of ketones is 1. The van der Waals surface area contributed by atoms with Gasteiger partial charge in [0.05, 0.1) is 5.56 Å². The van der Waals surface area contributed by atoms with Gasteiger partial charge in [-0.25, -0.2) is 4.39 Å². The van der Waals surface area contributed by atoms with Crippen molar-refractivity contribution in [2.24, 2.45) is 5.73 Å². The lowest BCUT2D eigenvalue weighted by molar-refractivity contribution is 0.0626. The topological polar surface area (TPSA) is 95.7 Å². The molecule has 208 valence electrons. The Bertz CT molecular complexity index is 1590. The van der Waals surface area contributed by atoms with Crippen molar-refractivity contribution in [1.82, 2.24) is 9.80 Å². The van der Waals surface area contributed by atoms with Crippen LogP contribution in [-0.2, 0) is 6.54 Å². The smallest absolute Gasteiger partial charge is 0.253 e. The molecule has 2 amide bonds. The van der Waals surface area contributed by atoms with Gasteiger partial charge in [0.15, 0.2) is 5.78 Å². The molecule has 9 heteroatoms. The zero-order valence-electron chi connectivity index (χ0n) is 22.1. The summed E-state index contributed by atoms with van der Waals surface area (Å²) in [6.45, 7) is 2.05. The van der Waals surface area contributed by atoms with Gasteiger partial charge in [0.2, 0.25) is 0 Å². The molecule has 1 saturated heterocycles. The van der Waals surface area contributed by atoms with E-state index in [-0.39, 0.29) is 23.8 Å².